The summed E-state index contributed by atoms with van der Waals surface area (Å²) in [5.41, 5.74) is 2.47. The molecule has 3 rings (SSSR count). The molecule has 0 radical (unpaired) electrons. The van der Waals surface area contributed by atoms with Gasteiger partial charge in [0.15, 0.2) is 0 Å². The van der Waals surface area contributed by atoms with Gasteiger partial charge in [-0.1, -0.05) is 32.0 Å². The number of carbonyl (C=O) groups excluding carboxylic acids is 1. The Bertz CT molecular complexity index is 1010. The molecule has 1 aliphatic heterocycles. The van der Waals surface area contributed by atoms with Crippen molar-refractivity contribution in [1.29, 1.82) is 0 Å². The number of anilines is 1. The molecular formula is C23H31N3O4S. The second-order valence-corrected chi connectivity index (χ2v) is 9.37. The van der Waals surface area contributed by atoms with Crippen LogP contribution in [0.15, 0.2) is 47.4 Å². The lowest BCUT2D eigenvalue weighted by Gasteiger charge is -2.22. The van der Waals surface area contributed by atoms with Gasteiger partial charge in [-0.2, -0.15) is 4.31 Å². The Morgan fingerprint density at radius 1 is 1.10 bits per heavy atom. The normalized spacial score (nSPS) is 14.1. The lowest BCUT2D eigenvalue weighted by Crippen LogP contribution is -2.31. The fourth-order valence-electron chi connectivity index (χ4n) is 3.93. The van der Waals surface area contributed by atoms with E-state index in [9.17, 15) is 13.2 Å². The summed E-state index contributed by atoms with van der Waals surface area (Å²) in [6, 6.07) is 12.6. The average molecular weight is 446 g/mol. The Morgan fingerprint density at radius 2 is 1.77 bits per heavy atom. The number of nitrogens with zero attached hydrogens (tertiary/aromatic N) is 2. The Balaban J connectivity index is 1.82. The lowest BCUT2D eigenvalue weighted by atomic mass is 10.1. The van der Waals surface area contributed by atoms with Gasteiger partial charge in [-0.3, -0.25) is 4.79 Å². The van der Waals surface area contributed by atoms with E-state index in [1.54, 1.807) is 19.9 Å². The van der Waals surface area contributed by atoms with E-state index in [-0.39, 0.29) is 22.1 Å². The minimum Gasteiger partial charge on any atom is -0.495 e. The van der Waals surface area contributed by atoms with Gasteiger partial charge in [0.2, 0.25) is 10.0 Å². The third kappa shape index (κ3) is 5.02. The molecule has 2 aromatic carbocycles. The maximum absolute atomic E-state index is 13.0. The summed E-state index contributed by atoms with van der Waals surface area (Å²) in [5.74, 6) is -0.0993. The molecule has 1 heterocycles. The number of para-hydroxylation sites is 1. The fourth-order valence-corrected chi connectivity index (χ4v) is 5.57. The van der Waals surface area contributed by atoms with Crippen molar-refractivity contribution in [1.82, 2.24) is 9.62 Å². The maximum atomic E-state index is 13.0. The topological polar surface area (TPSA) is 79.0 Å². The van der Waals surface area contributed by atoms with Crippen LogP contribution in [-0.4, -0.2) is 51.9 Å². The summed E-state index contributed by atoms with van der Waals surface area (Å²) in [7, 11) is -2.34. The van der Waals surface area contributed by atoms with Crippen LogP contribution in [0.2, 0.25) is 0 Å². The van der Waals surface area contributed by atoms with Gasteiger partial charge in [0.25, 0.3) is 5.91 Å². The smallest absolute Gasteiger partial charge is 0.251 e. The van der Waals surface area contributed by atoms with E-state index in [2.05, 4.69) is 16.3 Å². The van der Waals surface area contributed by atoms with E-state index in [1.807, 2.05) is 18.2 Å². The van der Waals surface area contributed by atoms with Crippen LogP contribution >= 0.6 is 0 Å². The van der Waals surface area contributed by atoms with Crippen molar-refractivity contribution in [3.8, 4) is 5.75 Å². The predicted molar refractivity (Wildman–Crippen MR) is 122 cm³/mol. The molecule has 0 bridgehead atoms. The highest BCUT2D eigenvalue weighted by Gasteiger charge is 2.27. The first-order valence-electron chi connectivity index (χ1n) is 10.7. The van der Waals surface area contributed by atoms with Crippen LogP contribution in [-0.2, 0) is 16.6 Å². The SMILES string of the molecule is CCN(CC)S(=O)(=O)c1cc(C(=O)NCc2ccccc2N2CCCC2)ccc1OC. The molecule has 168 valence electrons. The number of amides is 1. The molecule has 0 aromatic heterocycles. The van der Waals surface area contributed by atoms with Gasteiger partial charge in [-0.15, -0.1) is 0 Å². The number of carbonyl (C=O) groups is 1. The summed E-state index contributed by atoms with van der Waals surface area (Å²) in [5, 5.41) is 2.94. The third-order valence-electron chi connectivity index (χ3n) is 5.63. The maximum Gasteiger partial charge on any atom is 0.251 e. The lowest BCUT2D eigenvalue weighted by molar-refractivity contribution is 0.0950. The zero-order valence-corrected chi connectivity index (χ0v) is 19.2. The van der Waals surface area contributed by atoms with Crippen LogP contribution in [0, 0.1) is 0 Å². The summed E-state index contributed by atoms with van der Waals surface area (Å²) in [6.07, 6.45) is 2.35. The monoisotopic (exact) mass is 445 g/mol. The van der Waals surface area contributed by atoms with Crippen LogP contribution in [0.5, 0.6) is 5.75 Å². The summed E-state index contributed by atoms with van der Waals surface area (Å²) in [4.78, 5) is 15.2. The molecule has 7 nitrogen and oxygen atoms in total. The van der Waals surface area contributed by atoms with E-state index in [0.717, 1.165) is 24.3 Å². The number of sulfonamides is 1. The molecule has 0 spiro atoms. The molecule has 31 heavy (non-hydrogen) atoms. The highest BCUT2D eigenvalue weighted by Crippen LogP contribution is 2.28. The molecule has 1 saturated heterocycles. The number of methoxy groups -OCH3 is 1. The number of benzene rings is 2. The second kappa shape index (κ2) is 10.2. The van der Waals surface area contributed by atoms with Gasteiger partial charge >= 0.3 is 0 Å². The number of rotatable bonds is 9. The quantitative estimate of drug-likeness (QED) is 0.641. The van der Waals surface area contributed by atoms with E-state index in [4.69, 9.17) is 4.74 Å². The minimum absolute atomic E-state index is 0.00353. The zero-order chi connectivity index (χ0) is 22.4. The van der Waals surface area contributed by atoms with Crippen molar-refractivity contribution in [3.63, 3.8) is 0 Å². The van der Waals surface area contributed by atoms with E-state index in [1.165, 1.54) is 36.4 Å². The van der Waals surface area contributed by atoms with Gasteiger partial charge in [0.1, 0.15) is 10.6 Å². The molecular weight excluding hydrogens is 414 g/mol. The molecule has 8 heteroatoms. The van der Waals surface area contributed by atoms with Crippen molar-refractivity contribution in [2.45, 2.75) is 38.1 Å². The van der Waals surface area contributed by atoms with E-state index < -0.39 is 10.0 Å². The highest BCUT2D eigenvalue weighted by atomic mass is 32.2. The average Bonchev–Trinajstić information content (AvgIpc) is 3.32. The van der Waals surface area contributed by atoms with Gasteiger partial charge in [0.05, 0.1) is 7.11 Å². The predicted octanol–water partition coefficient (Wildman–Crippen LogP) is 3.26. The fraction of sp³-hybridized carbons (Fsp3) is 0.435. The van der Waals surface area contributed by atoms with Crippen LogP contribution in [0.4, 0.5) is 5.69 Å². The summed E-state index contributed by atoms with van der Waals surface area (Å²) in [6.45, 7) is 6.66. The zero-order valence-electron chi connectivity index (χ0n) is 18.4. The van der Waals surface area contributed by atoms with Crippen molar-refractivity contribution >= 4 is 21.6 Å². The summed E-state index contributed by atoms with van der Waals surface area (Å²) < 4.78 is 32.7. The molecule has 2 aromatic rings. The largest absolute Gasteiger partial charge is 0.495 e. The number of hydrogen-bond donors (Lipinski definition) is 1. The van der Waals surface area contributed by atoms with Gasteiger partial charge in [-0.05, 0) is 42.7 Å². The number of ether oxygens (including phenoxy) is 1. The van der Waals surface area contributed by atoms with Crippen molar-refractivity contribution < 1.29 is 17.9 Å². The minimum atomic E-state index is -3.76. The Hall–Kier alpha value is -2.58. The number of hydrogen-bond acceptors (Lipinski definition) is 5. The van der Waals surface area contributed by atoms with Gasteiger partial charge < -0.3 is 15.0 Å². The molecule has 0 unspecified atom stereocenters. The first kappa shape index (κ1) is 23.1. The molecule has 0 saturated carbocycles. The molecule has 1 amide bonds. The molecule has 1 N–H and O–H groups in total. The first-order valence-corrected chi connectivity index (χ1v) is 12.2. The third-order valence-corrected chi connectivity index (χ3v) is 7.70. The molecule has 0 aliphatic carbocycles. The summed E-state index contributed by atoms with van der Waals surface area (Å²) >= 11 is 0. The molecule has 0 atom stereocenters. The van der Waals surface area contributed by atoms with Crippen molar-refractivity contribution in [2.75, 3.05) is 38.2 Å². The van der Waals surface area contributed by atoms with Crippen molar-refractivity contribution in [2.24, 2.45) is 0 Å². The van der Waals surface area contributed by atoms with Gasteiger partial charge in [-0.25, -0.2) is 8.42 Å². The van der Waals surface area contributed by atoms with Crippen LogP contribution in [0.25, 0.3) is 0 Å². The van der Waals surface area contributed by atoms with Crippen molar-refractivity contribution in [3.05, 3.63) is 53.6 Å². The molecule has 1 aliphatic rings. The molecule has 1 fully saturated rings. The first-order chi connectivity index (χ1) is 14.9. The van der Waals surface area contributed by atoms with Crippen LogP contribution in [0.1, 0.15) is 42.6 Å². The van der Waals surface area contributed by atoms with E-state index >= 15 is 0 Å². The number of nitrogens with one attached hydrogen (secondary N) is 1. The standard InChI is InChI=1S/C23H31N3O4S/c1-4-26(5-2)31(28,29)22-16-18(12-13-21(22)30-3)23(27)24-17-19-10-6-7-11-20(19)25-14-8-9-15-25/h6-7,10-13,16H,4-5,8-9,14-15,17H2,1-3H3,(H,24,27). The Morgan fingerprint density at radius 3 is 2.42 bits per heavy atom. The Kier molecular flexibility index (Phi) is 7.56. The Labute approximate surface area is 185 Å². The van der Waals surface area contributed by atoms with Crippen LogP contribution < -0.4 is 15.0 Å². The highest BCUT2D eigenvalue weighted by molar-refractivity contribution is 7.89. The second-order valence-electron chi connectivity index (χ2n) is 7.46. The van der Waals surface area contributed by atoms with Gasteiger partial charge in [0, 0.05) is 44.0 Å². The van der Waals surface area contributed by atoms with Crippen LogP contribution in [0.3, 0.4) is 0 Å². The van der Waals surface area contributed by atoms with E-state index in [0.29, 0.717) is 19.6 Å².